The van der Waals surface area contributed by atoms with Gasteiger partial charge >= 0.3 is 0 Å². The van der Waals surface area contributed by atoms with Crippen LogP contribution < -0.4 is 0 Å². The molecule has 0 aliphatic carbocycles. The minimum absolute atomic E-state index is 0.00286. The van der Waals surface area contributed by atoms with E-state index in [1.54, 1.807) is 42.8 Å². The summed E-state index contributed by atoms with van der Waals surface area (Å²) in [5.74, 6) is 0.524. The molecular weight excluding hydrogens is 388 g/mol. The fourth-order valence-corrected chi connectivity index (χ4v) is 6.11. The van der Waals surface area contributed by atoms with E-state index in [4.69, 9.17) is 0 Å². The highest BCUT2D eigenvalue weighted by Gasteiger charge is 2.32. The maximum Gasteiger partial charge on any atom is 0.262 e. The molecule has 148 valence electrons. The number of imidazole rings is 1. The smallest absolute Gasteiger partial charge is 0.262 e. The standard InChI is InChI=1S/C17H24N4O4S2/c1-15-18-17(13-19(15)2)27(24,25)21-10-6-9-20(11-12-21)26(22,23)14-16-7-4-3-5-8-16/h3-5,7-8,13H,6,9-12,14H2,1-2H3. The molecule has 0 spiro atoms. The summed E-state index contributed by atoms with van der Waals surface area (Å²) in [7, 11) is -5.50. The van der Waals surface area contributed by atoms with Gasteiger partial charge in [-0.1, -0.05) is 30.3 Å². The van der Waals surface area contributed by atoms with Crippen LogP contribution in [0, 0.1) is 6.92 Å². The van der Waals surface area contributed by atoms with Crippen molar-refractivity contribution >= 4 is 20.0 Å². The van der Waals surface area contributed by atoms with E-state index >= 15 is 0 Å². The Balaban J connectivity index is 1.73. The average Bonchev–Trinajstić information content (AvgIpc) is 2.83. The third kappa shape index (κ3) is 4.40. The molecule has 1 aromatic heterocycles. The molecule has 0 bridgehead atoms. The van der Waals surface area contributed by atoms with Crippen LogP contribution in [0.3, 0.4) is 0 Å². The van der Waals surface area contributed by atoms with Crippen molar-refractivity contribution in [3.05, 3.63) is 47.9 Å². The molecule has 1 aromatic carbocycles. The van der Waals surface area contributed by atoms with Crippen LogP contribution in [0.1, 0.15) is 17.8 Å². The lowest BCUT2D eigenvalue weighted by Crippen LogP contribution is -2.37. The Labute approximate surface area is 160 Å². The van der Waals surface area contributed by atoms with Gasteiger partial charge in [-0.05, 0) is 18.9 Å². The summed E-state index contributed by atoms with van der Waals surface area (Å²) in [6.07, 6.45) is 1.93. The fourth-order valence-electron chi connectivity index (χ4n) is 3.05. The molecule has 0 atom stereocenters. The number of rotatable bonds is 5. The van der Waals surface area contributed by atoms with E-state index in [-0.39, 0.29) is 30.4 Å². The molecule has 1 aliphatic rings. The molecule has 10 heteroatoms. The summed E-state index contributed by atoms with van der Waals surface area (Å²) in [4.78, 5) is 4.11. The van der Waals surface area contributed by atoms with Crippen molar-refractivity contribution in [3.8, 4) is 0 Å². The van der Waals surface area contributed by atoms with Gasteiger partial charge in [0.05, 0.1) is 5.75 Å². The lowest BCUT2D eigenvalue weighted by atomic mass is 10.2. The third-order valence-electron chi connectivity index (χ3n) is 4.69. The van der Waals surface area contributed by atoms with Gasteiger partial charge < -0.3 is 4.57 Å². The van der Waals surface area contributed by atoms with Gasteiger partial charge in [0.25, 0.3) is 10.0 Å². The maximum atomic E-state index is 12.8. The zero-order valence-corrected chi connectivity index (χ0v) is 17.1. The normalized spacial score (nSPS) is 17.7. The second-order valence-corrected chi connectivity index (χ2v) is 10.5. The van der Waals surface area contributed by atoms with E-state index < -0.39 is 20.0 Å². The van der Waals surface area contributed by atoms with E-state index in [0.717, 1.165) is 5.56 Å². The predicted molar refractivity (Wildman–Crippen MR) is 102 cm³/mol. The minimum atomic E-state index is -3.73. The van der Waals surface area contributed by atoms with Crippen molar-refractivity contribution in [2.75, 3.05) is 26.2 Å². The van der Waals surface area contributed by atoms with Crippen LogP contribution in [0.5, 0.6) is 0 Å². The third-order valence-corrected chi connectivity index (χ3v) is 8.31. The van der Waals surface area contributed by atoms with E-state index in [9.17, 15) is 16.8 Å². The Kier molecular flexibility index (Phi) is 5.71. The van der Waals surface area contributed by atoms with Gasteiger partial charge in [-0.25, -0.2) is 26.1 Å². The number of aryl methyl sites for hydroxylation is 2. The number of aromatic nitrogens is 2. The van der Waals surface area contributed by atoms with Gasteiger partial charge in [-0.3, -0.25) is 0 Å². The van der Waals surface area contributed by atoms with Crippen LogP contribution in [0.25, 0.3) is 0 Å². The van der Waals surface area contributed by atoms with Crippen LogP contribution in [-0.4, -0.2) is 61.2 Å². The van der Waals surface area contributed by atoms with E-state index in [0.29, 0.717) is 18.8 Å². The average molecular weight is 413 g/mol. The van der Waals surface area contributed by atoms with Gasteiger partial charge in [0.1, 0.15) is 5.82 Å². The first kappa shape index (κ1) is 20.0. The van der Waals surface area contributed by atoms with Crippen LogP contribution in [0.15, 0.2) is 41.6 Å². The Morgan fingerprint density at radius 3 is 2.22 bits per heavy atom. The number of benzene rings is 1. The fraction of sp³-hybridized carbons (Fsp3) is 0.471. The number of nitrogens with zero attached hydrogens (tertiary/aromatic N) is 4. The molecule has 27 heavy (non-hydrogen) atoms. The number of sulfonamides is 2. The van der Waals surface area contributed by atoms with E-state index in [2.05, 4.69) is 4.98 Å². The molecule has 0 radical (unpaired) electrons. The summed E-state index contributed by atoms with van der Waals surface area (Å²) in [5.41, 5.74) is 0.718. The van der Waals surface area contributed by atoms with Gasteiger partial charge in [-0.15, -0.1) is 0 Å². The molecule has 0 unspecified atom stereocenters. The van der Waals surface area contributed by atoms with Crippen molar-refractivity contribution in [1.82, 2.24) is 18.2 Å². The SMILES string of the molecule is Cc1nc(S(=O)(=O)N2CCCN(S(=O)(=O)Cc3ccccc3)CC2)cn1C. The van der Waals surface area contributed by atoms with E-state index in [1.807, 2.05) is 6.07 Å². The predicted octanol–water partition coefficient (Wildman–Crippen LogP) is 0.955. The van der Waals surface area contributed by atoms with Gasteiger partial charge in [0, 0.05) is 39.4 Å². The quantitative estimate of drug-likeness (QED) is 0.729. The molecule has 2 heterocycles. The van der Waals surface area contributed by atoms with Crippen LogP contribution >= 0.6 is 0 Å². The van der Waals surface area contributed by atoms with Crippen molar-refractivity contribution in [1.29, 1.82) is 0 Å². The Hall–Kier alpha value is -1.75. The van der Waals surface area contributed by atoms with Gasteiger partial charge in [-0.2, -0.15) is 4.31 Å². The molecule has 0 amide bonds. The summed E-state index contributed by atoms with van der Waals surface area (Å²) in [6.45, 7) is 2.57. The first-order valence-corrected chi connectivity index (χ1v) is 11.8. The molecule has 0 saturated carbocycles. The highest BCUT2D eigenvalue weighted by Crippen LogP contribution is 2.19. The molecular formula is C17H24N4O4S2. The van der Waals surface area contributed by atoms with Crippen molar-refractivity contribution in [2.45, 2.75) is 24.1 Å². The summed E-state index contributed by atoms with van der Waals surface area (Å²) in [5, 5.41) is 0.00286. The second kappa shape index (κ2) is 7.70. The first-order valence-electron chi connectivity index (χ1n) is 8.72. The largest absolute Gasteiger partial charge is 0.337 e. The Morgan fingerprint density at radius 1 is 0.963 bits per heavy atom. The zero-order chi connectivity index (χ0) is 19.7. The highest BCUT2D eigenvalue weighted by molar-refractivity contribution is 7.89. The van der Waals surface area contributed by atoms with Crippen molar-refractivity contribution in [3.63, 3.8) is 0 Å². The van der Waals surface area contributed by atoms with Gasteiger partial charge in [0.15, 0.2) is 5.03 Å². The minimum Gasteiger partial charge on any atom is -0.337 e. The first-order chi connectivity index (χ1) is 12.7. The summed E-state index contributed by atoms with van der Waals surface area (Å²) in [6, 6.07) is 8.99. The molecule has 8 nitrogen and oxygen atoms in total. The zero-order valence-electron chi connectivity index (χ0n) is 15.4. The lowest BCUT2D eigenvalue weighted by molar-refractivity contribution is 0.403. The van der Waals surface area contributed by atoms with Crippen molar-refractivity contribution < 1.29 is 16.8 Å². The molecule has 0 N–H and O–H groups in total. The lowest BCUT2D eigenvalue weighted by Gasteiger charge is -2.21. The Morgan fingerprint density at radius 2 is 1.59 bits per heavy atom. The monoisotopic (exact) mass is 412 g/mol. The maximum absolute atomic E-state index is 12.8. The number of hydrogen-bond donors (Lipinski definition) is 0. The van der Waals surface area contributed by atoms with Crippen LogP contribution in [0.4, 0.5) is 0 Å². The van der Waals surface area contributed by atoms with E-state index in [1.165, 1.54) is 14.8 Å². The van der Waals surface area contributed by atoms with Crippen LogP contribution in [-0.2, 0) is 32.8 Å². The second-order valence-electron chi connectivity index (χ2n) is 6.64. The molecule has 2 aromatic rings. The molecule has 3 rings (SSSR count). The topological polar surface area (TPSA) is 92.6 Å². The van der Waals surface area contributed by atoms with Gasteiger partial charge in [0.2, 0.25) is 10.0 Å². The Bertz CT molecular complexity index is 981. The van der Waals surface area contributed by atoms with Crippen LogP contribution in [0.2, 0.25) is 0 Å². The van der Waals surface area contributed by atoms with Crippen molar-refractivity contribution in [2.24, 2.45) is 7.05 Å². The molecule has 1 fully saturated rings. The number of hydrogen-bond acceptors (Lipinski definition) is 5. The molecule has 1 saturated heterocycles. The molecule has 1 aliphatic heterocycles. The highest BCUT2D eigenvalue weighted by atomic mass is 32.2. The summed E-state index contributed by atoms with van der Waals surface area (Å²) >= 11 is 0. The summed E-state index contributed by atoms with van der Waals surface area (Å²) < 4.78 is 55.5.